The predicted octanol–water partition coefficient (Wildman–Crippen LogP) is 6.89. The first-order valence-electron chi connectivity index (χ1n) is 18.7. The Labute approximate surface area is 317 Å². The third-order valence-electron chi connectivity index (χ3n) is 9.70. The van der Waals surface area contributed by atoms with Crippen molar-refractivity contribution in [1.29, 1.82) is 0 Å². The van der Waals surface area contributed by atoms with Gasteiger partial charge in [-0.1, -0.05) is 66.7 Å². The number of piperidine rings is 1. The van der Waals surface area contributed by atoms with Crippen LogP contribution in [0, 0.1) is 0 Å². The van der Waals surface area contributed by atoms with Crippen molar-refractivity contribution in [3.63, 3.8) is 0 Å². The summed E-state index contributed by atoms with van der Waals surface area (Å²) in [5.74, 6) is 2.16. The minimum atomic E-state index is -0.371. The van der Waals surface area contributed by atoms with Gasteiger partial charge in [0.2, 0.25) is 0 Å². The quantitative estimate of drug-likeness (QED) is 0.109. The van der Waals surface area contributed by atoms with Gasteiger partial charge in [0.1, 0.15) is 23.9 Å². The molecule has 4 aromatic rings. The largest absolute Gasteiger partial charge is 0.496 e. The molecular formula is C43H50N2O9. The molecule has 54 heavy (non-hydrogen) atoms. The molecule has 0 bridgehead atoms. The van der Waals surface area contributed by atoms with Gasteiger partial charge >= 0.3 is 6.09 Å². The fourth-order valence-electron chi connectivity index (χ4n) is 6.78. The van der Waals surface area contributed by atoms with E-state index in [0.717, 1.165) is 40.2 Å². The molecule has 1 N–H and O–H groups in total. The van der Waals surface area contributed by atoms with Gasteiger partial charge in [0.25, 0.3) is 5.91 Å². The highest BCUT2D eigenvalue weighted by Crippen LogP contribution is 2.36. The minimum absolute atomic E-state index is 0.00899. The summed E-state index contributed by atoms with van der Waals surface area (Å²) < 4.78 is 35.3. The molecule has 0 saturated carbocycles. The second-order valence-electron chi connectivity index (χ2n) is 13.4. The number of para-hydroxylation sites is 1. The zero-order chi connectivity index (χ0) is 37.5. The maximum Gasteiger partial charge on any atom is 0.410 e. The zero-order valence-electron chi connectivity index (χ0n) is 30.9. The maximum absolute atomic E-state index is 13.2. The zero-order valence-corrected chi connectivity index (χ0v) is 30.9. The number of rotatable bonds is 18. The molecule has 1 saturated heterocycles. The minimum Gasteiger partial charge on any atom is -0.496 e. The third-order valence-corrected chi connectivity index (χ3v) is 9.70. The summed E-state index contributed by atoms with van der Waals surface area (Å²) in [6, 6.07) is 31.3. The molecule has 2 atom stereocenters. The Kier molecular flexibility index (Phi) is 14.2. The highest BCUT2D eigenvalue weighted by atomic mass is 16.6. The first-order chi connectivity index (χ1) is 26.5. The lowest BCUT2D eigenvalue weighted by Crippen LogP contribution is -2.47. The second-order valence-corrected chi connectivity index (χ2v) is 13.4. The van der Waals surface area contributed by atoms with E-state index < -0.39 is 0 Å². The predicted molar refractivity (Wildman–Crippen MR) is 204 cm³/mol. The molecule has 2 heterocycles. The third kappa shape index (κ3) is 10.5. The van der Waals surface area contributed by atoms with Crippen LogP contribution in [0.25, 0.3) is 0 Å². The van der Waals surface area contributed by atoms with E-state index in [2.05, 4.69) is 12.1 Å². The van der Waals surface area contributed by atoms with Crippen LogP contribution < -0.4 is 19.1 Å². The van der Waals surface area contributed by atoms with Crippen LogP contribution in [0.1, 0.15) is 53.9 Å². The number of aliphatic hydroxyl groups excluding tert-OH is 1. The lowest BCUT2D eigenvalue weighted by Gasteiger charge is -2.38. The lowest BCUT2D eigenvalue weighted by molar-refractivity contribution is -0.121. The van der Waals surface area contributed by atoms with Gasteiger partial charge < -0.3 is 43.3 Å². The van der Waals surface area contributed by atoms with Crippen LogP contribution in [0.4, 0.5) is 10.5 Å². The van der Waals surface area contributed by atoms with Crippen LogP contribution in [0.15, 0.2) is 97.1 Å². The molecule has 2 unspecified atom stereocenters. The van der Waals surface area contributed by atoms with E-state index in [1.165, 1.54) is 0 Å². The average Bonchev–Trinajstić information content (AvgIpc) is 3.22. The van der Waals surface area contributed by atoms with Crippen molar-refractivity contribution in [2.24, 2.45) is 0 Å². The van der Waals surface area contributed by atoms with E-state index in [0.29, 0.717) is 70.2 Å². The van der Waals surface area contributed by atoms with Crippen LogP contribution in [0.5, 0.6) is 17.2 Å². The van der Waals surface area contributed by atoms with E-state index in [4.69, 9.17) is 28.4 Å². The lowest BCUT2D eigenvalue weighted by atomic mass is 9.87. The highest BCUT2D eigenvalue weighted by Gasteiger charge is 2.34. The number of nitrogens with zero attached hydrogens (tertiary/aromatic N) is 2. The molecule has 11 heteroatoms. The second kappa shape index (κ2) is 19.8. The van der Waals surface area contributed by atoms with Crippen molar-refractivity contribution >= 4 is 17.7 Å². The van der Waals surface area contributed by atoms with Crippen LogP contribution in [-0.4, -0.2) is 81.3 Å². The molecule has 11 nitrogen and oxygen atoms in total. The Bertz CT molecular complexity index is 1790. The number of amides is 2. The number of aliphatic hydroxyl groups is 1. The molecule has 2 amide bonds. The number of methoxy groups -OCH3 is 1. The Morgan fingerprint density at radius 1 is 0.870 bits per heavy atom. The van der Waals surface area contributed by atoms with Crippen LogP contribution in [0.3, 0.4) is 0 Å². The van der Waals surface area contributed by atoms with Gasteiger partial charge in [-0.15, -0.1) is 0 Å². The van der Waals surface area contributed by atoms with Gasteiger partial charge in [-0.05, 0) is 66.3 Å². The summed E-state index contributed by atoms with van der Waals surface area (Å²) in [6.45, 7) is 3.52. The summed E-state index contributed by atoms with van der Waals surface area (Å²) in [7, 11) is 1.66. The monoisotopic (exact) mass is 738 g/mol. The maximum atomic E-state index is 13.2. The summed E-state index contributed by atoms with van der Waals surface area (Å²) in [5, 5.41) is 9.26. The van der Waals surface area contributed by atoms with Crippen molar-refractivity contribution in [3.05, 3.63) is 119 Å². The van der Waals surface area contributed by atoms with E-state index >= 15 is 0 Å². The van der Waals surface area contributed by atoms with Gasteiger partial charge in [-0.2, -0.15) is 0 Å². The number of ether oxygens (including phenoxy) is 6. The molecule has 0 radical (unpaired) electrons. The molecule has 286 valence electrons. The van der Waals surface area contributed by atoms with Crippen molar-refractivity contribution in [2.45, 2.75) is 57.5 Å². The Morgan fingerprint density at radius 2 is 1.69 bits per heavy atom. The number of carbonyl (C=O) groups excluding carboxylic acids is 2. The summed E-state index contributed by atoms with van der Waals surface area (Å²) in [5.41, 5.74) is 4.63. The topological polar surface area (TPSA) is 116 Å². The molecule has 0 aliphatic carbocycles. The SMILES string of the molecule is COc1ccccc1COCCCOc1ccc(C2CCN(C(=O)OCc3ccccc3)CC2OCc2ccc3c(c2)N(CCCCO)C(=O)CO3)cc1. The molecule has 2 aliphatic rings. The van der Waals surface area contributed by atoms with Crippen molar-refractivity contribution < 1.29 is 43.1 Å². The Hall–Kier alpha value is -5.10. The Balaban J connectivity index is 1.07. The van der Waals surface area contributed by atoms with E-state index in [1.807, 2.05) is 84.9 Å². The van der Waals surface area contributed by atoms with E-state index in [1.54, 1.807) is 16.9 Å². The fraction of sp³-hybridized carbons (Fsp3) is 0.395. The Morgan fingerprint density at radius 3 is 2.50 bits per heavy atom. The number of hydrogen-bond donors (Lipinski definition) is 1. The van der Waals surface area contributed by atoms with Crippen molar-refractivity contribution in [1.82, 2.24) is 4.90 Å². The van der Waals surface area contributed by atoms with Crippen molar-refractivity contribution in [3.8, 4) is 17.2 Å². The fourth-order valence-corrected chi connectivity index (χ4v) is 6.78. The van der Waals surface area contributed by atoms with E-state index in [-0.39, 0.29) is 50.4 Å². The van der Waals surface area contributed by atoms with E-state index in [9.17, 15) is 14.7 Å². The van der Waals surface area contributed by atoms with Gasteiger partial charge in [-0.3, -0.25) is 4.79 Å². The normalized spacial score (nSPS) is 16.7. The molecule has 6 rings (SSSR count). The first-order valence-corrected chi connectivity index (χ1v) is 18.7. The molecule has 1 fully saturated rings. The van der Waals surface area contributed by atoms with Gasteiger partial charge in [0.15, 0.2) is 6.61 Å². The number of fused-ring (bicyclic) bond motifs is 1. The molecule has 4 aromatic carbocycles. The number of carbonyl (C=O) groups is 2. The molecular weight excluding hydrogens is 688 g/mol. The van der Waals surface area contributed by atoms with Gasteiger partial charge in [-0.25, -0.2) is 4.79 Å². The summed E-state index contributed by atoms with van der Waals surface area (Å²) in [4.78, 5) is 29.4. The number of likely N-dealkylation sites (tertiary alicyclic amines) is 1. The number of benzene rings is 4. The number of hydrogen-bond acceptors (Lipinski definition) is 9. The highest BCUT2D eigenvalue weighted by molar-refractivity contribution is 5.97. The summed E-state index contributed by atoms with van der Waals surface area (Å²) >= 11 is 0. The smallest absolute Gasteiger partial charge is 0.410 e. The molecule has 2 aliphatic heterocycles. The number of anilines is 1. The molecule has 0 aromatic heterocycles. The first kappa shape index (κ1) is 38.6. The summed E-state index contributed by atoms with van der Waals surface area (Å²) in [6.07, 6.45) is 2.05. The molecule has 0 spiro atoms. The van der Waals surface area contributed by atoms with Crippen molar-refractivity contribution in [2.75, 3.05) is 58.1 Å². The van der Waals surface area contributed by atoms with Crippen LogP contribution >= 0.6 is 0 Å². The standard InChI is InChI=1S/C43H50N2O9/c1-49-39-13-6-5-12-35(39)30-50-24-9-25-51-36-17-15-34(16-18-36)37-20-22-44(43(48)54-28-32-10-3-2-4-11-32)27-41(37)52-29-33-14-19-40-38(26-33)45(21-7-8-23-46)42(47)31-53-40/h2-6,10-19,26,37,41,46H,7-9,20-25,27-31H2,1H3. The van der Waals surface area contributed by atoms with Crippen LogP contribution in [-0.2, 0) is 38.8 Å². The van der Waals surface area contributed by atoms with Crippen LogP contribution in [0.2, 0.25) is 0 Å². The average molecular weight is 739 g/mol. The van der Waals surface area contributed by atoms with Gasteiger partial charge in [0, 0.05) is 37.6 Å². The number of unbranched alkanes of at least 4 members (excludes halogenated alkanes) is 1. The van der Waals surface area contributed by atoms with Gasteiger partial charge in [0.05, 0.1) is 51.9 Å².